The Bertz CT molecular complexity index is 1150. The summed E-state index contributed by atoms with van der Waals surface area (Å²) in [6.45, 7) is 1.20. The number of rotatable bonds is 7. The predicted octanol–water partition coefficient (Wildman–Crippen LogP) is 4.84. The number of hydrogen-bond acceptors (Lipinski definition) is 6. The molecule has 0 aliphatic carbocycles. The van der Waals surface area contributed by atoms with Crippen molar-refractivity contribution in [2.45, 2.75) is 17.4 Å². The average Bonchev–Trinajstić information content (AvgIpc) is 3.31. The Morgan fingerprint density at radius 3 is 2.45 bits per heavy atom. The Morgan fingerprint density at radius 1 is 1.10 bits per heavy atom. The monoisotopic (exact) mass is 477 g/mol. The highest BCUT2D eigenvalue weighted by atomic mass is 35.5. The molecule has 0 N–H and O–H groups in total. The van der Waals surface area contributed by atoms with Crippen LogP contribution in [-0.2, 0) is 16.3 Å². The van der Waals surface area contributed by atoms with Crippen molar-refractivity contribution < 1.29 is 17.9 Å². The molecule has 2 heterocycles. The van der Waals surface area contributed by atoms with E-state index >= 15 is 0 Å². The fourth-order valence-electron chi connectivity index (χ4n) is 4.02. The molecule has 1 aromatic heterocycles. The van der Waals surface area contributed by atoms with Crippen LogP contribution in [-0.4, -0.2) is 46.4 Å². The zero-order valence-electron chi connectivity index (χ0n) is 17.4. The first-order valence-corrected chi connectivity index (χ1v) is 12.8. The van der Waals surface area contributed by atoms with Gasteiger partial charge in [0.25, 0.3) is 0 Å². The number of sulfone groups is 1. The summed E-state index contributed by atoms with van der Waals surface area (Å²) in [7, 11) is -0.146. The molecule has 0 radical (unpaired) electrons. The predicted molar refractivity (Wildman–Crippen MR) is 124 cm³/mol. The molecular weight excluding hydrogens is 454 g/mol. The second-order valence-electron chi connectivity index (χ2n) is 7.38. The van der Waals surface area contributed by atoms with E-state index in [0.717, 1.165) is 18.5 Å². The molecule has 8 heteroatoms. The van der Waals surface area contributed by atoms with Gasteiger partial charge in [-0.25, -0.2) is 8.42 Å². The molecule has 1 unspecified atom stereocenters. The van der Waals surface area contributed by atoms with Gasteiger partial charge in [-0.1, -0.05) is 17.7 Å². The van der Waals surface area contributed by atoms with Crippen LogP contribution in [0.4, 0.5) is 0 Å². The van der Waals surface area contributed by atoms with Crippen molar-refractivity contribution in [2.24, 2.45) is 0 Å². The molecule has 1 atom stereocenters. The van der Waals surface area contributed by atoms with Gasteiger partial charge >= 0.3 is 0 Å². The summed E-state index contributed by atoms with van der Waals surface area (Å²) in [5.41, 5.74) is 2.34. The van der Waals surface area contributed by atoms with Crippen LogP contribution in [0.25, 0.3) is 0 Å². The zero-order valence-corrected chi connectivity index (χ0v) is 19.8. The molecule has 5 nitrogen and oxygen atoms in total. The molecular formula is C23H24ClNO4S2. The van der Waals surface area contributed by atoms with E-state index in [0.29, 0.717) is 28.0 Å². The smallest absolute Gasteiger partial charge is 0.179 e. The molecule has 1 aliphatic rings. The van der Waals surface area contributed by atoms with Crippen LogP contribution >= 0.6 is 22.9 Å². The van der Waals surface area contributed by atoms with E-state index in [2.05, 4.69) is 11.0 Å². The molecule has 31 heavy (non-hydrogen) atoms. The third-order valence-corrected chi connectivity index (χ3v) is 8.49. The number of hydrogen-bond donors (Lipinski definition) is 0. The minimum Gasteiger partial charge on any atom is -0.493 e. The molecule has 3 aromatic rings. The van der Waals surface area contributed by atoms with Crippen LogP contribution in [0.3, 0.4) is 0 Å². The largest absolute Gasteiger partial charge is 0.493 e. The normalized spacial score (nSPS) is 16.7. The first kappa shape index (κ1) is 22.1. The van der Waals surface area contributed by atoms with Gasteiger partial charge in [0, 0.05) is 23.0 Å². The van der Waals surface area contributed by atoms with Crippen LogP contribution in [0.15, 0.2) is 58.8 Å². The molecule has 0 saturated carbocycles. The summed E-state index contributed by atoms with van der Waals surface area (Å²) in [4.78, 5) is 3.72. The van der Waals surface area contributed by atoms with E-state index in [1.165, 1.54) is 10.4 Å². The van der Waals surface area contributed by atoms with E-state index in [1.54, 1.807) is 49.8 Å². The van der Waals surface area contributed by atoms with Crippen molar-refractivity contribution in [2.75, 3.05) is 33.1 Å². The van der Waals surface area contributed by atoms with Crippen molar-refractivity contribution >= 4 is 32.8 Å². The van der Waals surface area contributed by atoms with Crippen molar-refractivity contribution in [1.29, 1.82) is 0 Å². The van der Waals surface area contributed by atoms with E-state index in [1.807, 2.05) is 23.6 Å². The number of nitrogens with zero attached hydrogens (tertiary/aromatic N) is 1. The van der Waals surface area contributed by atoms with E-state index in [-0.39, 0.29) is 11.8 Å². The second kappa shape index (κ2) is 9.20. The SMILES string of the molecule is COc1cc2c(cc1OC)C(c1cccs1)N(CCS(=O)(=O)c1ccc(Cl)cc1)CC2. The van der Waals surface area contributed by atoms with Crippen LogP contribution in [0.1, 0.15) is 22.0 Å². The highest BCUT2D eigenvalue weighted by Crippen LogP contribution is 2.42. The Morgan fingerprint density at radius 2 is 1.81 bits per heavy atom. The molecule has 0 fully saturated rings. The lowest BCUT2D eigenvalue weighted by atomic mass is 9.91. The van der Waals surface area contributed by atoms with Gasteiger partial charge in [0.05, 0.1) is 30.9 Å². The van der Waals surface area contributed by atoms with Crippen LogP contribution in [0, 0.1) is 0 Å². The number of fused-ring (bicyclic) bond motifs is 1. The van der Waals surface area contributed by atoms with Crippen molar-refractivity contribution in [3.05, 3.63) is 74.9 Å². The molecule has 4 rings (SSSR count). The molecule has 2 aromatic carbocycles. The van der Waals surface area contributed by atoms with E-state index in [9.17, 15) is 8.42 Å². The lowest BCUT2D eigenvalue weighted by Crippen LogP contribution is -2.38. The molecule has 164 valence electrons. The molecule has 0 bridgehead atoms. The number of halogens is 1. The van der Waals surface area contributed by atoms with Crippen molar-refractivity contribution in [3.8, 4) is 11.5 Å². The van der Waals surface area contributed by atoms with Gasteiger partial charge < -0.3 is 9.47 Å². The number of thiophene rings is 1. The Kier molecular flexibility index (Phi) is 6.57. The van der Waals surface area contributed by atoms with Crippen LogP contribution in [0.2, 0.25) is 5.02 Å². The summed E-state index contributed by atoms with van der Waals surface area (Å²) in [5.74, 6) is 1.43. The van der Waals surface area contributed by atoms with Crippen LogP contribution in [0.5, 0.6) is 11.5 Å². The van der Waals surface area contributed by atoms with Gasteiger partial charge in [0.15, 0.2) is 21.3 Å². The highest BCUT2D eigenvalue weighted by molar-refractivity contribution is 7.91. The fraction of sp³-hybridized carbons (Fsp3) is 0.304. The Balaban J connectivity index is 1.64. The summed E-state index contributed by atoms with van der Waals surface area (Å²) in [6.07, 6.45) is 0.818. The minimum absolute atomic E-state index is 0.0241. The lowest BCUT2D eigenvalue weighted by Gasteiger charge is -2.37. The molecule has 0 spiro atoms. The maximum absolute atomic E-state index is 12.9. The summed E-state index contributed by atoms with van der Waals surface area (Å²) in [6, 6.07) is 14.5. The quantitative estimate of drug-likeness (QED) is 0.487. The summed E-state index contributed by atoms with van der Waals surface area (Å²) in [5, 5.41) is 2.57. The van der Waals surface area contributed by atoms with E-state index in [4.69, 9.17) is 21.1 Å². The zero-order chi connectivity index (χ0) is 22.0. The van der Waals surface area contributed by atoms with Gasteiger partial charge in [0.2, 0.25) is 0 Å². The third kappa shape index (κ3) is 4.60. The minimum atomic E-state index is -3.41. The Labute approximate surface area is 192 Å². The first-order valence-electron chi connectivity index (χ1n) is 9.93. The maximum atomic E-state index is 12.9. The number of benzene rings is 2. The van der Waals surface area contributed by atoms with Gasteiger partial charge in [-0.3, -0.25) is 4.90 Å². The lowest BCUT2D eigenvalue weighted by molar-refractivity contribution is 0.227. The molecule has 0 amide bonds. The summed E-state index contributed by atoms with van der Waals surface area (Å²) < 4.78 is 36.8. The van der Waals surface area contributed by atoms with Gasteiger partial charge in [-0.15, -0.1) is 11.3 Å². The molecule has 0 saturated heterocycles. The third-order valence-electron chi connectivity index (χ3n) is 5.61. The average molecular weight is 478 g/mol. The second-order valence-corrected chi connectivity index (χ2v) is 10.9. The van der Waals surface area contributed by atoms with Gasteiger partial charge in [-0.2, -0.15) is 0 Å². The summed E-state index contributed by atoms with van der Waals surface area (Å²) >= 11 is 7.58. The van der Waals surface area contributed by atoms with Gasteiger partial charge in [0.1, 0.15) is 0 Å². The van der Waals surface area contributed by atoms with E-state index < -0.39 is 9.84 Å². The standard InChI is InChI=1S/C23H24ClNO4S2/c1-28-20-14-16-9-10-25(11-13-31(26,27)18-7-5-17(24)6-8-18)23(22-4-3-12-30-22)19(16)15-21(20)29-2/h3-8,12,14-15,23H,9-11,13H2,1-2H3. The van der Waals surface area contributed by atoms with Gasteiger partial charge in [-0.05, 0) is 65.4 Å². The highest BCUT2D eigenvalue weighted by Gasteiger charge is 2.32. The number of ether oxygens (including phenoxy) is 2. The first-order chi connectivity index (χ1) is 14.9. The molecule has 1 aliphatic heterocycles. The maximum Gasteiger partial charge on any atom is 0.179 e. The fourth-order valence-corrected chi connectivity index (χ4v) is 6.28. The Hall–Kier alpha value is -2.06. The van der Waals surface area contributed by atoms with Crippen molar-refractivity contribution in [3.63, 3.8) is 0 Å². The van der Waals surface area contributed by atoms with Crippen molar-refractivity contribution in [1.82, 2.24) is 4.90 Å². The topological polar surface area (TPSA) is 55.8 Å². The number of methoxy groups -OCH3 is 2. The van der Waals surface area contributed by atoms with Crippen LogP contribution < -0.4 is 9.47 Å².